The highest BCUT2D eigenvalue weighted by molar-refractivity contribution is 7.20. The van der Waals surface area contributed by atoms with Crippen molar-refractivity contribution in [1.82, 2.24) is 14.1 Å². The Hall–Kier alpha value is -10.9. The summed E-state index contributed by atoms with van der Waals surface area (Å²) in [7, 11) is -6.25. The molecule has 0 fully saturated rings. The molecule has 0 N–H and O–H groups in total. The minimum Gasteiger partial charge on any atom is -0.458 e. The van der Waals surface area contributed by atoms with Gasteiger partial charge in [-0.2, -0.15) is 0 Å². The van der Waals surface area contributed by atoms with Gasteiger partial charge in [-0.3, -0.25) is 13.7 Å². The molecule has 12 aromatic carbocycles. The Morgan fingerprint density at radius 1 is 0.500 bits per heavy atom. The molecule has 1 aliphatic carbocycles. The van der Waals surface area contributed by atoms with Gasteiger partial charge >= 0.3 is 0 Å². The maximum Gasteiger partial charge on any atom is 0.269 e. The number of aryl methyl sites for hydroxylation is 2. The van der Waals surface area contributed by atoms with Crippen molar-refractivity contribution in [2.24, 2.45) is 0 Å². The van der Waals surface area contributed by atoms with Gasteiger partial charge in [0.25, 0.3) is 6.33 Å². The molecule has 3 aromatic heterocycles. The van der Waals surface area contributed by atoms with Crippen LogP contribution in [0.15, 0.2) is 285 Å². The number of fused-ring (bicyclic) bond motifs is 11. The highest BCUT2D eigenvalue weighted by Crippen LogP contribution is 2.53. The molecule has 98 heavy (non-hydrogen) atoms. The van der Waals surface area contributed by atoms with Crippen molar-refractivity contribution < 1.29 is 42.2 Å². The van der Waals surface area contributed by atoms with Crippen LogP contribution in [0.25, 0.3) is 106 Å². The fourth-order valence-corrected chi connectivity index (χ4v) is 18.5. The number of benzene rings is 12. The lowest BCUT2D eigenvalue weighted by Gasteiger charge is -2.42. The van der Waals surface area contributed by atoms with Gasteiger partial charge in [0.05, 0.1) is 58.1 Å². The first-order chi connectivity index (χ1) is 57.4. The van der Waals surface area contributed by atoms with E-state index in [4.69, 9.17) is 13.8 Å². The Morgan fingerprint density at radius 3 is 1.84 bits per heavy atom. The van der Waals surface area contributed by atoms with Crippen molar-refractivity contribution in [3.05, 3.63) is 319 Å². The van der Waals surface area contributed by atoms with Gasteiger partial charge in [-0.25, -0.2) is 4.98 Å². The quantitative estimate of drug-likeness (QED) is 0.0592. The summed E-state index contributed by atoms with van der Waals surface area (Å²) < 4.78 is 243. The molecule has 15 aromatic rings. The molecule has 0 unspecified atom stereocenters. The predicted octanol–water partition coefficient (Wildman–Crippen LogP) is 20.3. The lowest BCUT2D eigenvalue weighted by Crippen LogP contribution is -2.74. The summed E-state index contributed by atoms with van der Waals surface area (Å²) in [6.07, 6.45) is 7.11. The van der Waals surface area contributed by atoms with Crippen LogP contribution in [0, 0.1) is 20.0 Å². The zero-order chi connectivity index (χ0) is 87.5. The number of rotatable bonds is 10. The Labute approximate surface area is 610 Å². The first-order valence-electron chi connectivity index (χ1n) is 44.6. The number of pyridine rings is 1. The summed E-state index contributed by atoms with van der Waals surface area (Å²) in [6, 6.07) is 32.1. The predicted molar refractivity (Wildman–Crippen MR) is 410 cm³/mol. The van der Waals surface area contributed by atoms with Gasteiger partial charge in [-0.15, -0.1) is 0 Å². The molecule has 0 saturated heterocycles. The molecular weight excluding hydrogens is 1210 g/mol. The smallest absolute Gasteiger partial charge is 0.269 e. The monoisotopic (exact) mass is 1310 g/mol. The molecule has 4 heterocycles. The van der Waals surface area contributed by atoms with E-state index in [1.54, 1.807) is 63.9 Å². The van der Waals surface area contributed by atoms with Crippen LogP contribution in [0.3, 0.4) is 0 Å². The number of hydrogen-bond donors (Lipinski definition) is 0. The number of aromatic nitrogens is 4. The van der Waals surface area contributed by atoms with Crippen molar-refractivity contribution in [3.63, 3.8) is 0 Å². The minimum absolute atomic E-state index is 0.109. The molecule has 1 aliphatic heterocycles. The molecule has 0 radical (unpaired) electrons. The average Bonchev–Trinajstić information content (AvgIpc) is 0.798. The molecule has 2 aliphatic rings. The fourth-order valence-electron chi connectivity index (χ4n) is 14.9. The van der Waals surface area contributed by atoms with Crippen LogP contribution in [-0.2, 0) is 16.2 Å². The molecule has 476 valence electrons. The number of hydrogen-bond acceptors (Lipinski definition) is 2. The number of nitrogens with zero attached hydrogens (tertiary/aromatic N) is 4. The van der Waals surface area contributed by atoms with E-state index in [0.29, 0.717) is 45.1 Å². The van der Waals surface area contributed by atoms with Gasteiger partial charge in [0.15, 0.2) is 8.07 Å². The van der Waals surface area contributed by atoms with Crippen LogP contribution in [0.5, 0.6) is 11.5 Å². The van der Waals surface area contributed by atoms with Gasteiger partial charge in [0.1, 0.15) is 17.3 Å². The van der Waals surface area contributed by atoms with Gasteiger partial charge < -0.3 is 4.74 Å². The molecule has 0 saturated carbocycles. The SMILES string of the molecule is [2H]c1cc([2H])c([Si](c2c([2H])c([2H])c([2H])c([2H])c2[2H])(c2c([2H])c([2H])c([2H])c([2H])c2[2H])c2c([2H])c([2H])c([2H])c(-c3cc4c5c(c3)n(-c3cccc(Oc6ccc7c8ccccc8n(-c8cc(C(C)(C)C)ccn8)c7c6)c3)[c-][n+]5-c3c(cccc3-c3c(C([2H])([2H])[2H])cccc3C([2H])([2H])[2H])-c3cc5c(cc3-c3ccccc3-4)C(C)(C)CCC5(C)C)c2[2H])c([2H])c1[2H]. The van der Waals surface area contributed by atoms with E-state index >= 15 is 0 Å². The average molecular weight is 1310 g/mol. The lowest BCUT2D eigenvalue weighted by molar-refractivity contribution is -0.570. The molecule has 0 bridgehead atoms. The van der Waals surface area contributed by atoms with E-state index in [1.807, 2.05) is 78.9 Å². The van der Waals surface area contributed by atoms with Crippen LogP contribution in [0.2, 0.25) is 0 Å². The maximum atomic E-state index is 11.2. The van der Waals surface area contributed by atoms with Crippen LogP contribution in [0.4, 0.5) is 0 Å². The molecule has 17 rings (SSSR count). The van der Waals surface area contributed by atoms with Crippen LogP contribution in [0.1, 0.15) is 122 Å². The van der Waals surface area contributed by atoms with Gasteiger partial charge in [-0.05, 0) is 208 Å². The van der Waals surface area contributed by atoms with E-state index in [0.717, 1.165) is 57.4 Å². The molecule has 5 nitrogen and oxygen atoms in total. The largest absolute Gasteiger partial charge is 0.458 e. The molecule has 0 amide bonds. The number of para-hydroxylation sites is 2. The maximum absolute atomic E-state index is 11.2. The second-order valence-electron chi connectivity index (χ2n) is 27.7. The van der Waals surface area contributed by atoms with E-state index in [2.05, 4.69) is 77.6 Å². The summed E-state index contributed by atoms with van der Waals surface area (Å²) in [6.45, 7) is 9.28. The first kappa shape index (κ1) is 40.0. The van der Waals surface area contributed by atoms with Crippen molar-refractivity contribution >= 4 is 61.7 Å². The van der Waals surface area contributed by atoms with Crippen molar-refractivity contribution in [1.29, 1.82) is 0 Å². The van der Waals surface area contributed by atoms with Crippen LogP contribution < -0.4 is 30.1 Å². The second kappa shape index (κ2) is 23.1. The van der Waals surface area contributed by atoms with E-state index in [-0.39, 0.29) is 61.3 Å². The zero-order valence-electron chi connectivity index (χ0n) is 78.9. The lowest BCUT2D eigenvalue weighted by atomic mass is 9.62. The summed E-state index contributed by atoms with van der Waals surface area (Å²) in [5.74, 6) is 1.38. The van der Waals surface area contributed by atoms with Crippen LogP contribution in [-0.4, -0.2) is 22.2 Å². The van der Waals surface area contributed by atoms with Gasteiger partial charge in [0, 0.05) is 31.3 Å². The molecule has 0 atom stereocenters. The molecule has 6 heteroatoms. The summed E-state index contributed by atoms with van der Waals surface area (Å²) in [5.41, 5.74) is 6.79. The van der Waals surface area contributed by atoms with E-state index in [9.17, 15) is 28.8 Å². The van der Waals surface area contributed by atoms with Crippen LogP contribution >= 0.6 is 0 Å². The fraction of sp³-hybridized carbons (Fsp3) is 0.152. The highest BCUT2D eigenvalue weighted by Gasteiger charge is 2.43. The Kier molecular flexibility index (Phi) is 9.43. The summed E-state index contributed by atoms with van der Waals surface area (Å²) in [5, 5.41) is -1.71. The second-order valence-corrected chi connectivity index (χ2v) is 31.2. The Bertz CT molecular complexity index is 6910. The van der Waals surface area contributed by atoms with E-state index in [1.165, 1.54) is 18.2 Å². The summed E-state index contributed by atoms with van der Waals surface area (Å²) >= 11 is 0. The standard InChI is InChI=1S/C92H78N4OSi/c1-60-27-23-28-61(2)87(60)77-43-26-42-76-79-58-82-81(91(6,7)48-49-92(82,8)9)57-78(79)72-39-19-20-40-73(72)80-52-63(62-29-24-38-71(51-62)98(68-32-13-10-14-33-68,69-34-15-11-16-35-69)70-36-17-12-18-37-70)53-85-89(80)95(88(76)77)59-94(85)65-30-25-31-66(55-65)97-67-45-46-75-74-41-21-22-44-83(74)96(84(75)56-67)86-54-64(47-50-93-86)90(3,4)5/h10-47,50-58H,48-49H2,1-9H3/i1D3,2D3,10D,11D,12D,13D,14D,15D,16D,17D,24D,29D,32D,33D,34D,35D,36D,37D,38D,51D. The molecular formula is C92H78N4OSi. The van der Waals surface area contributed by atoms with Gasteiger partial charge in [-0.1, -0.05) is 260 Å². The van der Waals surface area contributed by atoms with Crippen molar-refractivity contribution in [2.45, 2.75) is 91.3 Å². The van der Waals surface area contributed by atoms with E-state index < -0.39 is 168 Å². The topological polar surface area (TPSA) is 35.9 Å². The summed E-state index contributed by atoms with van der Waals surface area (Å²) in [4.78, 5) is 4.91. The Morgan fingerprint density at radius 2 is 1.11 bits per heavy atom. The normalized spacial score (nSPS) is 17.6. The minimum atomic E-state index is -6.25. The highest BCUT2D eigenvalue weighted by atomic mass is 28.3. The third-order valence-corrected chi connectivity index (χ3v) is 23.9. The van der Waals surface area contributed by atoms with Crippen molar-refractivity contribution in [3.8, 4) is 84.3 Å². The first-order valence-corrected chi connectivity index (χ1v) is 34.6. The number of imidazole rings is 1. The zero-order valence-corrected chi connectivity index (χ0v) is 55.9. The third kappa shape index (κ3) is 9.85. The third-order valence-electron chi connectivity index (χ3n) is 19.9. The van der Waals surface area contributed by atoms with Crippen molar-refractivity contribution in [2.75, 3.05) is 0 Å². The molecule has 0 spiro atoms. The number of ether oxygens (including phenoxy) is 1. The van der Waals surface area contributed by atoms with Gasteiger partial charge in [0.2, 0.25) is 0 Å². The Balaban J connectivity index is 1.05.